The third kappa shape index (κ3) is 3.61. The number of anilines is 1. The van der Waals surface area contributed by atoms with E-state index in [9.17, 15) is 4.79 Å². The van der Waals surface area contributed by atoms with E-state index < -0.39 is 0 Å². The largest absolute Gasteiger partial charge is 0.338 e. The van der Waals surface area contributed by atoms with Gasteiger partial charge in [-0.15, -0.1) is 0 Å². The lowest BCUT2D eigenvalue weighted by atomic mass is 9.74. The van der Waals surface area contributed by atoms with E-state index in [2.05, 4.69) is 28.4 Å². The number of nitrogens with zero attached hydrogens (tertiary/aromatic N) is 2. The van der Waals surface area contributed by atoms with E-state index in [0.717, 1.165) is 44.7 Å². The summed E-state index contributed by atoms with van der Waals surface area (Å²) in [6.45, 7) is 6.22. The number of rotatable bonds is 3. The molecule has 6 heteroatoms. The van der Waals surface area contributed by atoms with Crippen molar-refractivity contribution in [2.75, 3.05) is 31.1 Å². The van der Waals surface area contributed by atoms with Gasteiger partial charge in [-0.1, -0.05) is 47.5 Å². The summed E-state index contributed by atoms with van der Waals surface area (Å²) in [4.78, 5) is 17.0. The Morgan fingerprint density at radius 3 is 2.57 bits per heavy atom. The minimum absolute atomic E-state index is 0.00469. The Morgan fingerprint density at radius 1 is 1.11 bits per heavy atom. The number of urea groups is 1. The number of fused-ring (bicyclic) bond motifs is 2. The van der Waals surface area contributed by atoms with Crippen LogP contribution in [0.4, 0.5) is 10.5 Å². The molecule has 148 valence electrons. The SMILES string of the molecule is CCNC(=O)N1CC2(CCN(Cc3ccc(Cl)c(Cl)c3)CC2)c2ccccc21. The third-order valence-electron chi connectivity index (χ3n) is 6.00. The molecular weight excluding hydrogens is 393 g/mol. The van der Waals surface area contributed by atoms with Gasteiger partial charge in [0.15, 0.2) is 0 Å². The van der Waals surface area contributed by atoms with Gasteiger partial charge in [0.05, 0.1) is 10.0 Å². The van der Waals surface area contributed by atoms with E-state index >= 15 is 0 Å². The van der Waals surface area contributed by atoms with Crippen LogP contribution < -0.4 is 10.2 Å². The second-order valence-corrected chi connectivity index (χ2v) is 8.56. The monoisotopic (exact) mass is 417 g/mol. The minimum atomic E-state index is 0.00469. The van der Waals surface area contributed by atoms with Crippen molar-refractivity contribution in [3.8, 4) is 0 Å². The zero-order chi connectivity index (χ0) is 19.7. The van der Waals surface area contributed by atoms with E-state index in [1.165, 1.54) is 11.1 Å². The predicted molar refractivity (Wildman–Crippen MR) is 116 cm³/mol. The van der Waals surface area contributed by atoms with E-state index in [1.54, 1.807) is 0 Å². The van der Waals surface area contributed by atoms with Crippen LogP contribution in [0.25, 0.3) is 0 Å². The van der Waals surface area contributed by atoms with Crippen molar-refractivity contribution in [1.29, 1.82) is 0 Å². The summed E-state index contributed by atoms with van der Waals surface area (Å²) in [6, 6.07) is 14.2. The first-order valence-corrected chi connectivity index (χ1v) is 10.6. The molecule has 2 heterocycles. The molecule has 1 spiro atoms. The van der Waals surface area contributed by atoms with Crippen LogP contribution >= 0.6 is 23.2 Å². The zero-order valence-electron chi connectivity index (χ0n) is 16.0. The van der Waals surface area contributed by atoms with E-state index in [1.807, 2.05) is 36.1 Å². The minimum Gasteiger partial charge on any atom is -0.338 e. The molecule has 0 bridgehead atoms. The summed E-state index contributed by atoms with van der Waals surface area (Å²) < 4.78 is 0. The molecule has 4 rings (SSSR count). The average Bonchev–Trinajstić information content (AvgIpc) is 3.02. The van der Waals surface area contributed by atoms with Gasteiger partial charge in [-0.2, -0.15) is 0 Å². The predicted octanol–water partition coefficient (Wildman–Crippen LogP) is 5.08. The Labute approximate surface area is 176 Å². The molecule has 0 aliphatic carbocycles. The Balaban J connectivity index is 1.49. The van der Waals surface area contributed by atoms with Crippen LogP contribution in [0.5, 0.6) is 0 Å². The number of hydrogen-bond acceptors (Lipinski definition) is 2. The van der Waals surface area contributed by atoms with Gasteiger partial charge in [-0.25, -0.2) is 4.79 Å². The highest BCUT2D eigenvalue weighted by Crippen LogP contribution is 2.47. The number of carbonyl (C=O) groups is 1. The van der Waals surface area contributed by atoms with Gasteiger partial charge in [-0.05, 0) is 62.2 Å². The fourth-order valence-corrected chi connectivity index (χ4v) is 4.84. The van der Waals surface area contributed by atoms with Crippen LogP contribution in [0.3, 0.4) is 0 Å². The smallest absolute Gasteiger partial charge is 0.321 e. The van der Waals surface area contributed by atoms with Gasteiger partial charge < -0.3 is 5.32 Å². The Morgan fingerprint density at radius 2 is 1.86 bits per heavy atom. The van der Waals surface area contributed by atoms with Crippen LogP contribution in [0.1, 0.15) is 30.9 Å². The maximum atomic E-state index is 12.6. The Kier molecular flexibility index (Phi) is 5.55. The normalized spacial score (nSPS) is 18.3. The number of amides is 2. The lowest BCUT2D eigenvalue weighted by molar-refractivity contribution is 0.159. The molecule has 28 heavy (non-hydrogen) atoms. The first-order valence-electron chi connectivity index (χ1n) is 9.83. The quantitative estimate of drug-likeness (QED) is 0.755. The van der Waals surface area contributed by atoms with Crippen molar-refractivity contribution in [3.05, 3.63) is 63.6 Å². The van der Waals surface area contributed by atoms with Crippen LogP contribution in [-0.2, 0) is 12.0 Å². The van der Waals surface area contributed by atoms with Crippen molar-refractivity contribution in [1.82, 2.24) is 10.2 Å². The van der Waals surface area contributed by atoms with Crippen molar-refractivity contribution in [2.45, 2.75) is 31.7 Å². The van der Waals surface area contributed by atoms with Crippen LogP contribution in [0.15, 0.2) is 42.5 Å². The molecule has 2 amide bonds. The number of para-hydroxylation sites is 1. The number of hydrogen-bond donors (Lipinski definition) is 1. The molecule has 0 aromatic heterocycles. The van der Waals surface area contributed by atoms with Crippen molar-refractivity contribution < 1.29 is 4.79 Å². The number of benzene rings is 2. The molecule has 2 aliphatic rings. The van der Waals surface area contributed by atoms with Gasteiger partial charge in [-0.3, -0.25) is 9.80 Å². The molecule has 4 nitrogen and oxygen atoms in total. The maximum Gasteiger partial charge on any atom is 0.321 e. The van der Waals surface area contributed by atoms with E-state index in [4.69, 9.17) is 23.2 Å². The molecule has 0 radical (unpaired) electrons. The van der Waals surface area contributed by atoms with Crippen LogP contribution in [-0.4, -0.2) is 37.1 Å². The molecule has 2 aromatic carbocycles. The van der Waals surface area contributed by atoms with Gasteiger partial charge >= 0.3 is 6.03 Å². The Bertz CT molecular complexity index is 878. The number of halogens is 2. The fourth-order valence-electron chi connectivity index (χ4n) is 4.52. The molecule has 0 atom stereocenters. The van der Waals surface area contributed by atoms with Crippen molar-refractivity contribution in [3.63, 3.8) is 0 Å². The van der Waals surface area contributed by atoms with Gasteiger partial charge in [0.2, 0.25) is 0 Å². The van der Waals surface area contributed by atoms with Gasteiger partial charge in [0.25, 0.3) is 0 Å². The lowest BCUT2D eigenvalue weighted by Crippen LogP contribution is -2.47. The van der Waals surface area contributed by atoms with E-state index in [-0.39, 0.29) is 11.4 Å². The molecule has 1 fully saturated rings. The second-order valence-electron chi connectivity index (χ2n) is 7.74. The molecule has 0 saturated carbocycles. The topological polar surface area (TPSA) is 35.6 Å². The van der Waals surface area contributed by atoms with Gasteiger partial charge in [0.1, 0.15) is 0 Å². The van der Waals surface area contributed by atoms with Gasteiger partial charge in [0, 0.05) is 30.7 Å². The standard InChI is InChI=1S/C22H25Cl2N3O/c1-2-25-21(28)27-15-22(17-5-3-4-6-20(17)27)9-11-26(12-10-22)14-16-7-8-18(23)19(24)13-16/h3-8,13H,2,9-12,14-15H2,1H3,(H,25,28). The highest BCUT2D eigenvalue weighted by atomic mass is 35.5. The Hall–Kier alpha value is -1.75. The number of piperidine rings is 1. The first-order chi connectivity index (χ1) is 13.5. The maximum absolute atomic E-state index is 12.6. The third-order valence-corrected chi connectivity index (χ3v) is 6.74. The average molecular weight is 418 g/mol. The van der Waals surface area contributed by atoms with E-state index in [0.29, 0.717) is 16.6 Å². The number of nitrogens with one attached hydrogen (secondary N) is 1. The summed E-state index contributed by atoms with van der Waals surface area (Å²) in [6.07, 6.45) is 2.09. The first kappa shape index (κ1) is 19.6. The van der Waals surface area contributed by atoms with Crippen molar-refractivity contribution >= 4 is 34.9 Å². The molecular formula is C22H25Cl2N3O. The summed E-state index contributed by atoms with van der Waals surface area (Å²) in [5.74, 6) is 0. The van der Waals surface area contributed by atoms with Crippen LogP contribution in [0.2, 0.25) is 10.0 Å². The number of likely N-dealkylation sites (tertiary alicyclic amines) is 1. The zero-order valence-corrected chi connectivity index (χ0v) is 17.6. The molecule has 2 aromatic rings. The fraction of sp³-hybridized carbons (Fsp3) is 0.409. The molecule has 1 N–H and O–H groups in total. The summed E-state index contributed by atoms with van der Waals surface area (Å²) >= 11 is 12.2. The lowest BCUT2D eigenvalue weighted by Gasteiger charge is -2.40. The highest BCUT2D eigenvalue weighted by molar-refractivity contribution is 6.42. The molecule has 2 aliphatic heterocycles. The van der Waals surface area contributed by atoms with Crippen molar-refractivity contribution in [2.24, 2.45) is 0 Å². The second kappa shape index (κ2) is 7.94. The summed E-state index contributed by atoms with van der Waals surface area (Å²) in [5.41, 5.74) is 3.61. The molecule has 0 unspecified atom stereocenters. The summed E-state index contributed by atoms with van der Waals surface area (Å²) in [7, 11) is 0. The molecule has 1 saturated heterocycles. The van der Waals surface area contributed by atoms with Crippen LogP contribution in [0, 0.1) is 0 Å². The summed E-state index contributed by atoms with van der Waals surface area (Å²) in [5, 5.41) is 4.15. The highest BCUT2D eigenvalue weighted by Gasteiger charge is 2.46. The number of carbonyl (C=O) groups excluding carboxylic acids is 1.